The molecule has 0 radical (unpaired) electrons. The van der Waals surface area contributed by atoms with E-state index in [1.54, 1.807) is 26.2 Å². The molecule has 2 rings (SSSR count). The van der Waals surface area contributed by atoms with Gasteiger partial charge in [0.1, 0.15) is 0 Å². The highest BCUT2D eigenvalue weighted by Gasteiger charge is 2.15. The summed E-state index contributed by atoms with van der Waals surface area (Å²) in [5.74, 6) is 0.954. The summed E-state index contributed by atoms with van der Waals surface area (Å²) in [5.41, 5.74) is 1.11. The number of nitrogens with one attached hydrogen (secondary N) is 1. The van der Waals surface area contributed by atoms with E-state index in [4.69, 9.17) is 14.2 Å². The zero-order valence-corrected chi connectivity index (χ0v) is 14.0. The number of para-hydroxylation sites is 2. The van der Waals surface area contributed by atoms with Crippen molar-refractivity contribution in [1.29, 1.82) is 0 Å². The van der Waals surface area contributed by atoms with Crippen LogP contribution >= 0.6 is 0 Å². The Morgan fingerprint density at radius 2 is 1.71 bits per heavy atom. The van der Waals surface area contributed by atoms with Crippen molar-refractivity contribution in [3.8, 4) is 11.5 Å². The summed E-state index contributed by atoms with van der Waals surface area (Å²) in [7, 11) is 1.57. The number of hydrogen-bond acceptors (Lipinski definition) is 4. The SMILES string of the molecule is COc1ccccc1O[C@H](C)C(=O)NCCOCc1ccccc1. The Kier molecular flexibility index (Phi) is 7.11. The first-order valence-corrected chi connectivity index (χ1v) is 7.89. The molecule has 1 amide bonds. The number of carbonyl (C=O) groups excluding carboxylic acids is 1. The molecule has 0 bridgehead atoms. The summed E-state index contributed by atoms with van der Waals surface area (Å²) >= 11 is 0. The molecule has 0 aliphatic heterocycles. The highest BCUT2D eigenvalue weighted by atomic mass is 16.5. The van der Waals surface area contributed by atoms with Crippen molar-refractivity contribution in [1.82, 2.24) is 5.32 Å². The van der Waals surface area contributed by atoms with Gasteiger partial charge in [-0.2, -0.15) is 0 Å². The standard InChI is InChI=1S/C19H23NO4/c1-15(24-18-11-7-6-10-17(18)22-2)19(21)20-12-13-23-14-16-8-4-3-5-9-16/h3-11,15H,12-14H2,1-2H3,(H,20,21)/t15-/m1/s1. The van der Waals surface area contributed by atoms with Crippen LogP contribution in [-0.2, 0) is 16.1 Å². The van der Waals surface area contributed by atoms with Crippen LogP contribution < -0.4 is 14.8 Å². The van der Waals surface area contributed by atoms with Gasteiger partial charge < -0.3 is 19.5 Å². The molecule has 2 aromatic rings. The minimum absolute atomic E-state index is 0.191. The van der Waals surface area contributed by atoms with Gasteiger partial charge in [-0.3, -0.25) is 4.79 Å². The van der Waals surface area contributed by atoms with Crippen LogP contribution in [0.15, 0.2) is 54.6 Å². The van der Waals surface area contributed by atoms with Crippen LogP contribution in [0.4, 0.5) is 0 Å². The Balaban J connectivity index is 1.68. The van der Waals surface area contributed by atoms with Crippen molar-refractivity contribution in [2.45, 2.75) is 19.6 Å². The van der Waals surface area contributed by atoms with Gasteiger partial charge in [-0.15, -0.1) is 0 Å². The lowest BCUT2D eigenvalue weighted by molar-refractivity contribution is -0.127. The first-order chi connectivity index (χ1) is 11.7. The average Bonchev–Trinajstić information content (AvgIpc) is 2.62. The highest BCUT2D eigenvalue weighted by Crippen LogP contribution is 2.26. The molecule has 0 spiro atoms. The van der Waals surface area contributed by atoms with Gasteiger partial charge in [-0.25, -0.2) is 0 Å². The molecule has 1 N–H and O–H groups in total. The molecule has 2 aromatic carbocycles. The lowest BCUT2D eigenvalue weighted by atomic mass is 10.2. The van der Waals surface area contributed by atoms with E-state index in [0.717, 1.165) is 5.56 Å². The van der Waals surface area contributed by atoms with Crippen molar-refractivity contribution in [2.75, 3.05) is 20.3 Å². The summed E-state index contributed by atoms with van der Waals surface area (Å²) in [6.45, 7) is 3.11. The topological polar surface area (TPSA) is 56.8 Å². The summed E-state index contributed by atoms with van der Waals surface area (Å²) < 4.78 is 16.4. The average molecular weight is 329 g/mol. The summed E-state index contributed by atoms with van der Waals surface area (Å²) in [4.78, 5) is 12.0. The number of carbonyl (C=O) groups is 1. The monoisotopic (exact) mass is 329 g/mol. The van der Waals surface area contributed by atoms with E-state index in [1.165, 1.54) is 0 Å². The molecular formula is C19H23NO4. The number of hydrogen-bond donors (Lipinski definition) is 1. The Labute approximate surface area is 142 Å². The number of rotatable bonds is 9. The van der Waals surface area contributed by atoms with Crippen LogP contribution in [0.3, 0.4) is 0 Å². The Bertz CT molecular complexity index is 630. The van der Waals surface area contributed by atoms with E-state index in [0.29, 0.717) is 31.3 Å². The number of methoxy groups -OCH3 is 1. The molecular weight excluding hydrogens is 306 g/mol. The summed E-state index contributed by atoms with van der Waals surface area (Å²) in [5, 5.41) is 2.80. The zero-order valence-electron chi connectivity index (χ0n) is 14.0. The van der Waals surface area contributed by atoms with Gasteiger partial charge in [-0.05, 0) is 24.6 Å². The smallest absolute Gasteiger partial charge is 0.260 e. The van der Waals surface area contributed by atoms with Gasteiger partial charge in [0, 0.05) is 6.54 Å². The molecule has 0 saturated carbocycles. The number of amides is 1. The van der Waals surface area contributed by atoms with Crippen LogP contribution in [0.25, 0.3) is 0 Å². The van der Waals surface area contributed by atoms with Crippen molar-refractivity contribution in [3.63, 3.8) is 0 Å². The first-order valence-electron chi connectivity index (χ1n) is 7.89. The van der Waals surface area contributed by atoms with Gasteiger partial charge in [0.25, 0.3) is 5.91 Å². The van der Waals surface area contributed by atoms with Crippen molar-refractivity contribution >= 4 is 5.91 Å². The third-order valence-electron chi connectivity index (χ3n) is 3.40. The molecule has 0 fully saturated rings. The Hall–Kier alpha value is -2.53. The van der Waals surface area contributed by atoms with Crippen LogP contribution in [-0.4, -0.2) is 32.3 Å². The van der Waals surface area contributed by atoms with Gasteiger partial charge >= 0.3 is 0 Å². The first kappa shape index (κ1) is 17.8. The molecule has 0 heterocycles. The third-order valence-corrected chi connectivity index (χ3v) is 3.40. The molecule has 1 atom stereocenters. The number of benzene rings is 2. The second-order valence-electron chi connectivity index (χ2n) is 5.24. The largest absolute Gasteiger partial charge is 0.493 e. The minimum Gasteiger partial charge on any atom is -0.493 e. The Morgan fingerprint density at radius 1 is 1.04 bits per heavy atom. The van der Waals surface area contributed by atoms with E-state index < -0.39 is 6.10 Å². The maximum atomic E-state index is 12.0. The molecule has 5 nitrogen and oxygen atoms in total. The van der Waals surface area contributed by atoms with Crippen LogP contribution in [0.5, 0.6) is 11.5 Å². The molecule has 0 aliphatic rings. The van der Waals surface area contributed by atoms with Crippen LogP contribution in [0, 0.1) is 0 Å². The third kappa shape index (κ3) is 5.59. The van der Waals surface area contributed by atoms with E-state index in [-0.39, 0.29) is 5.91 Å². The van der Waals surface area contributed by atoms with Crippen molar-refractivity contribution in [2.24, 2.45) is 0 Å². The fourth-order valence-electron chi connectivity index (χ4n) is 2.11. The molecule has 5 heteroatoms. The Morgan fingerprint density at radius 3 is 2.42 bits per heavy atom. The predicted molar refractivity (Wildman–Crippen MR) is 92.2 cm³/mol. The second kappa shape index (κ2) is 9.57. The van der Waals surface area contributed by atoms with Crippen molar-refractivity contribution in [3.05, 3.63) is 60.2 Å². The molecule has 0 aromatic heterocycles. The van der Waals surface area contributed by atoms with E-state index >= 15 is 0 Å². The summed E-state index contributed by atoms with van der Waals surface area (Å²) in [6.07, 6.45) is -0.615. The maximum absolute atomic E-state index is 12.0. The van der Waals surface area contributed by atoms with Gasteiger partial charge in [0.05, 0.1) is 20.3 Å². The van der Waals surface area contributed by atoms with Crippen LogP contribution in [0.1, 0.15) is 12.5 Å². The second-order valence-corrected chi connectivity index (χ2v) is 5.24. The molecule has 0 saturated heterocycles. The zero-order chi connectivity index (χ0) is 17.2. The van der Waals surface area contributed by atoms with E-state index in [2.05, 4.69) is 5.32 Å². The summed E-state index contributed by atoms with van der Waals surface area (Å²) in [6, 6.07) is 17.1. The van der Waals surface area contributed by atoms with E-state index in [9.17, 15) is 4.79 Å². The van der Waals surface area contributed by atoms with Gasteiger partial charge in [0.2, 0.25) is 0 Å². The quantitative estimate of drug-likeness (QED) is 0.719. The lowest BCUT2D eigenvalue weighted by Crippen LogP contribution is -2.38. The lowest BCUT2D eigenvalue weighted by Gasteiger charge is -2.16. The highest BCUT2D eigenvalue weighted by molar-refractivity contribution is 5.80. The van der Waals surface area contributed by atoms with Gasteiger partial charge in [0.15, 0.2) is 17.6 Å². The number of ether oxygens (including phenoxy) is 3. The fourth-order valence-corrected chi connectivity index (χ4v) is 2.11. The predicted octanol–water partition coefficient (Wildman–Crippen LogP) is 2.80. The molecule has 0 aliphatic carbocycles. The fraction of sp³-hybridized carbons (Fsp3) is 0.316. The molecule has 0 unspecified atom stereocenters. The van der Waals surface area contributed by atoms with Gasteiger partial charge in [-0.1, -0.05) is 42.5 Å². The van der Waals surface area contributed by atoms with Crippen LogP contribution in [0.2, 0.25) is 0 Å². The maximum Gasteiger partial charge on any atom is 0.260 e. The molecule has 24 heavy (non-hydrogen) atoms. The molecule has 128 valence electrons. The minimum atomic E-state index is -0.615. The normalized spacial score (nSPS) is 11.6. The van der Waals surface area contributed by atoms with E-state index in [1.807, 2.05) is 42.5 Å². The van der Waals surface area contributed by atoms with Crippen molar-refractivity contribution < 1.29 is 19.0 Å².